The standard InChI is InChI=1S/C16H16N2O2/c1-20-13-6-2-5-11(14(13)17)16(19)12-8-7-10-4-3-9-18-15(10)12/h2-6,9,12H,7-8,17H2,1H3. The van der Waals surface area contributed by atoms with E-state index in [-0.39, 0.29) is 11.7 Å². The first-order valence-electron chi connectivity index (χ1n) is 6.63. The van der Waals surface area contributed by atoms with Crippen molar-refractivity contribution in [3.8, 4) is 5.75 Å². The lowest BCUT2D eigenvalue weighted by molar-refractivity contribution is 0.0958. The van der Waals surface area contributed by atoms with Gasteiger partial charge in [0.2, 0.25) is 0 Å². The number of para-hydroxylation sites is 1. The molecule has 0 aliphatic heterocycles. The Kier molecular flexibility index (Phi) is 3.14. The molecule has 102 valence electrons. The van der Waals surface area contributed by atoms with Crippen LogP contribution in [0, 0.1) is 0 Å². The Bertz CT molecular complexity index is 667. The number of rotatable bonds is 3. The topological polar surface area (TPSA) is 65.2 Å². The van der Waals surface area contributed by atoms with Crippen LogP contribution in [0.1, 0.15) is 34.0 Å². The number of aryl methyl sites for hydroxylation is 1. The third kappa shape index (κ3) is 1.93. The zero-order chi connectivity index (χ0) is 14.1. The smallest absolute Gasteiger partial charge is 0.174 e. The summed E-state index contributed by atoms with van der Waals surface area (Å²) in [4.78, 5) is 17.1. The second-order valence-corrected chi connectivity index (χ2v) is 4.92. The summed E-state index contributed by atoms with van der Waals surface area (Å²) in [6.07, 6.45) is 3.42. The molecule has 0 bridgehead atoms. The normalized spacial score (nSPS) is 16.8. The van der Waals surface area contributed by atoms with Crippen LogP contribution in [0.4, 0.5) is 5.69 Å². The van der Waals surface area contributed by atoms with Gasteiger partial charge in [-0.3, -0.25) is 9.78 Å². The number of pyridine rings is 1. The number of ketones is 1. The summed E-state index contributed by atoms with van der Waals surface area (Å²) in [5, 5.41) is 0. The van der Waals surface area contributed by atoms with E-state index in [0.29, 0.717) is 17.0 Å². The number of nitrogens with zero attached hydrogens (tertiary/aromatic N) is 1. The highest BCUT2D eigenvalue weighted by molar-refractivity contribution is 6.06. The first-order valence-corrected chi connectivity index (χ1v) is 6.63. The number of hydrogen-bond donors (Lipinski definition) is 1. The number of carbonyl (C=O) groups excluding carboxylic acids is 1. The molecule has 4 heteroatoms. The van der Waals surface area contributed by atoms with Gasteiger partial charge in [0, 0.05) is 11.8 Å². The minimum Gasteiger partial charge on any atom is -0.495 e. The number of nitrogens with two attached hydrogens (primary N) is 1. The molecule has 0 saturated carbocycles. The molecule has 20 heavy (non-hydrogen) atoms. The van der Waals surface area contributed by atoms with Crippen molar-refractivity contribution in [1.29, 1.82) is 0 Å². The van der Waals surface area contributed by atoms with Gasteiger partial charge in [-0.15, -0.1) is 0 Å². The lowest BCUT2D eigenvalue weighted by Crippen LogP contribution is -2.13. The van der Waals surface area contributed by atoms with Crippen LogP contribution in [0.2, 0.25) is 0 Å². The molecule has 3 rings (SSSR count). The Morgan fingerprint density at radius 3 is 3.00 bits per heavy atom. The largest absolute Gasteiger partial charge is 0.495 e. The molecule has 0 radical (unpaired) electrons. The van der Waals surface area contributed by atoms with Gasteiger partial charge in [0.15, 0.2) is 5.78 Å². The van der Waals surface area contributed by atoms with Crippen LogP contribution in [0.5, 0.6) is 5.75 Å². The van der Waals surface area contributed by atoms with Crippen LogP contribution in [0.15, 0.2) is 36.5 Å². The number of nitrogen functional groups attached to an aromatic ring is 1. The first-order chi connectivity index (χ1) is 9.72. The third-order valence-corrected chi connectivity index (χ3v) is 3.83. The Labute approximate surface area is 117 Å². The van der Waals surface area contributed by atoms with Crippen molar-refractivity contribution < 1.29 is 9.53 Å². The molecular formula is C16H16N2O2. The quantitative estimate of drug-likeness (QED) is 0.686. The van der Waals surface area contributed by atoms with E-state index in [4.69, 9.17) is 10.5 Å². The van der Waals surface area contributed by atoms with E-state index in [1.54, 1.807) is 31.5 Å². The summed E-state index contributed by atoms with van der Waals surface area (Å²) < 4.78 is 5.18. The Morgan fingerprint density at radius 2 is 2.20 bits per heavy atom. The molecule has 1 unspecified atom stereocenters. The van der Waals surface area contributed by atoms with Gasteiger partial charge in [0.25, 0.3) is 0 Å². The molecule has 1 aromatic carbocycles. The van der Waals surface area contributed by atoms with E-state index in [2.05, 4.69) is 4.98 Å². The summed E-state index contributed by atoms with van der Waals surface area (Å²) in [5.74, 6) is 0.370. The highest BCUT2D eigenvalue weighted by atomic mass is 16.5. The number of aromatic nitrogens is 1. The Morgan fingerprint density at radius 1 is 1.35 bits per heavy atom. The minimum absolute atomic E-state index is 0.0267. The fraction of sp³-hybridized carbons (Fsp3) is 0.250. The maximum absolute atomic E-state index is 12.7. The number of ether oxygens (including phenoxy) is 1. The molecule has 1 aliphatic carbocycles. The molecular weight excluding hydrogens is 252 g/mol. The lowest BCUT2D eigenvalue weighted by Gasteiger charge is -2.13. The maximum Gasteiger partial charge on any atom is 0.174 e. The molecule has 2 N–H and O–H groups in total. The average Bonchev–Trinajstić information content (AvgIpc) is 2.91. The van der Waals surface area contributed by atoms with Crippen molar-refractivity contribution in [2.45, 2.75) is 18.8 Å². The fourth-order valence-corrected chi connectivity index (χ4v) is 2.79. The summed E-state index contributed by atoms with van der Waals surface area (Å²) in [7, 11) is 1.55. The number of anilines is 1. The van der Waals surface area contributed by atoms with Gasteiger partial charge in [0.05, 0.1) is 24.4 Å². The number of carbonyl (C=O) groups is 1. The first kappa shape index (κ1) is 12.7. The number of Topliss-reactive ketones (excluding diaryl/α,β-unsaturated/α-hetero) is 1. The zero-order valence-corrected chi connectivity index (χ0v) is 11.3. The van der Waals surface area contributed by atoms with Crippen LogP contribution < -0.4 is 10.5 Å². The van der Waals surface area contributed by atoms with Crippen LogP contribution in [-0.2, 0) is 6.42 Å². The third-order valence-electron chi connectivity index (χ3n) is 3.83. The predicted molar refractivity (Wildman–Crippen MR) is 77.0 cm³/mol. The van der Waals surface area contributed by atoms with E-state index < -0.39 is 0 Å². The van der Waals surface area contributed by atoms with E-state index in [0.717, 1.165) is 24.1 Å². The van der Waals surface area contributed by atoms with E-state index >= 15 is 0 Å². The monoisotopic (exact) mass is 268 g/mol. The van der Waals surface area contributed by atoms with E-state index in [1.807, 2.05) is 12.1 Å². The molecule has 1 heterocycles. The number of hydrogen-bond acceptors (Lipinski definition) is 4. The fourth-order valence-electron chi connectivity index (χ4n) is 2.79. The predicted octanol–water partition coefficient (Wildman–Crippen LogP) is 2.59. The second kappa shape index (κ2) is 4.96. The Hall–Kier alpha value is -2.36. The molecule has 1 atom stereocenters. The zero-order valence-electron chi connectivity index (χ0n) is 11.3. The molecule has 4 nitrogen and oxygen atoms in total. The van der Waals surface area contributed by atoms with Crippen molar-refractivity contribution in [2.75, 3.05) is 12.8 Å². The number of methoxy groups -OCH3 is 1. The number of fused-ring (bicyclic) bond motifs is 1. The molecule has 0 amide bonds. The molecule has 0 fully saturated rings. The van der Waals surface area contributed by atoms with Gasteiger partial charge >= 0.3 is 0 Å². The maximum atomic E-state index is 12.7. The summed E-state index contributed by atoms with van der Waals surface area (Å²) in [6, 6.07) is 9.24. The van der Waals surface area contributed by atoms with E-state index in [1.165, 1.54) is 0 Å². The summed E-state index contributed by atoms with van der Waals surface area (Å²) >= 11 is 0. The molecule has 0 saturated heterocycles. The van der Waals surface area contributed by atoms with Crippen LogP contribution in [-0.4, -0.2) is 17.9 Å². The minimum atomic E-state index is -0.194. The van der Waals surface area contributed by atoms with Gasteiger partial charge in [-0.1, -0.05) is 12.1 Å². The van der Waals surface area contributed by atoms with Gasteiger partial charge in [-0.2, -0.15) is 0 Å². The second-order valence-electron chi connectivity index (χ2n) is 4.92. The van der Waals surface area contributed by atoms with Crippen molar-refractivity contribution in [3.63, 3.8) is 0 Å². The van der Waals surface area contributed by atoms with E-state index in [9.17, 15) is 4.79 Å². The molecule has 1 aliphatic rings. The van der Waals surface area contributed by atoms with Crippen molar-refractivity contribution in [3.05, 3.63) is 53.3 Å². The molecule has 1 aromatic heterocycles. The van der Waals surface area contributed by atoms with Crippen molar-refractivity contribution in [2.24, 2.45) is 0 Å². The van der Waals surface area contributed by atoms with Gasteiger partial charge in [0.1, 0.15) is 5.75 Å². The molecule has 0 spiro atoms. The summed E-state index contributed by atoms with van der Waals surface area (Å²) in [5.41, 5.74) is 8.99. The van der Waals surface area contributed by atoms with Crippen LogP contribution in [0.25, 0.3) is 0 Å². The summed E-state index contributed by atoms with van der Waals surface area (Å²) in [6.45, 7) is 0. The van der Waals surface area contributed by atoms with Crippen molar-refractivity contribution >= 4 is 11.5 Å². The SMILES string of the molecule is COc1cccc(C(=O)C2CCc3cccnc32)c1N. The van der Waals surface area contributed by atoms with Gasteiger partial charge in [-0.05, 0) is 36.6 Å². The van der Waals surface area contributed by atoms with Gasteiger partial charge in [-0.25, -0.2) is 0 Å². The Balaban J connectivity index is 1.99. The molecule has 2 aromatic rings. The highest BCUT2D eigenvalue weighted by Gasteiger charge is 2.31. The highest BCUT2D eigenvalue weighted by Crippen LogP contribution is 2.36. The lowest BCUT2D eigenvalue weighted by atomic mass is 9.94. The number of benzene rings is 1. The van der Waals surface area contributed by atoms with Crippen LogP contribution >= 0.6 is 0 Å². The average molecular weight is 268 g/mol. The van der Waals surface area contributed by atoms with Crippen molar-refractivity contribution in [1.82, 2.24) is 4.98 Å². The van der Waals surface area contributed by atoms with Crippen LogP contribution in [0.3, 0.4) is 0 Å². The van der Waals surface area contributed by atoms with Gasteiger partial charge < -0.3 is 10.5 Å².